The van der Waals surface area contributed by atoms with E-state index in [1.54, 1.807) is 55.6 Å². The van der Waals surface area contributed by atoms with Gasteiger partial charge in [0.1, 0.15) is 36.9 Å². The van der Waals surface area contributed by atoms with Gasteiger partial charge in [0.25, 0.3) is 11.8 Å². The zero-order valence-electron chi connectivity index (χ0n) is 40.1. The molecule has 0 radical (unpaired) electrons. The van der Waals surface area contributed by atoms with E-state index in [0.29, 0.717) is 72.0 Å². The maximum Gasteiger partial charge on any atom is 0.251 e. The Balaban J connectivity index is 0.875. The molecule has 0 saturated heterocycles. The number of nitrogens with zero attached hydrogens (tertiary/aromatic N) is 3. The van der Waals surface area contributed by atoms with Crippen molar-refractivity contribution < 1.29 is 45.9 Å². The summed E-state index contributed by atoms with van der Waals surface area (Å²) < 4.78 is 65.6. The first-order valence-corrected chi connectivity index (χ1v) is 24.7. The van der Waals surface area contributed by atoms with Gasteiger partial charge >= 0.3 is 0 Å². The molecule has 3 heterocycles. The van der Waals surface area contributed by atoms with Crippen LogP contribution >= 0.6 is 0 Å². The number of ketones is 1. The molecule has 1 aliphatic heterocycles. The van der Waals surface area contributed by atoms with Crippen molar-refractivity contribution in [3.63, 3.8) is 0 Å². The number of aromatic amines is 1. The number of hydrogen-bond acceptors (Lipinski definition) is 10. The van der Waals surface area contributed by atoms with Crippen LogP contribution < -0.4 is 35.3 Å². The highest BCUT2D eigenvalue weighted by atomic mass is 32.2. The zero-order valence-corrected chi connectivity index (χ0v) is 41.0. The first kappa shape index (κ1) is 49.2. The van der Waals surface area contributed by atoms with Gasteiger partial charge < -0.3 is 34.8 Å². The number of carbonyl (C=O) groups excluding carboxylic acids is 4. The highest BCUT2D eigenvalue weighted by Gasteiger charge is 2.26. The number of benzene rings is 6. The molecule has 0 bridgehead atoms. The number of fused-ring (bicyclic) bond motifs is 5. The quantitative estimate of drug-likeness (QED) is 0.0352. The Morgan fingerprint density at radius 1 is 0.753 bits per heavy atom. The topological polar surface area (TPSA) is 210 Å². The van der Waals surface area contributed by atoms with Crippen molar-refractivity contribution in [2.24, 2.45) is 0 Å². The summed E-state index contributed by atoms with van der Waals surface area (Å²) in [6.45, 7) is 1.72. The molecular weight excluding hydrogens is 957 g/mol. The van der Waals surface area contributed by atoms with Crippen LogP contribution in [0.3, 0.4) is 0 Å². The van der Waals surface area contributed by atoms with Crippen molar-refractivity contribution in [2.75, 3.05) is 56.7 Å². The molecular formula is C55H47F2N7O8S. The zero-order chi connectivity index (χ0) is 51.9. The van der Waals surface area contributed by atoms with Crippen LogP contribution in [0.15, 0.2) is 126 Å². The third-order valence-corrected chi connectivity index (χ3v) is 13.9. The first-order valence-electron chi connectivity index (χ1n) is 23.1. The Morgan fingerprint density at radius 2 is 1.45 bits per heavy atom. The number of rotatable bonds is 15. The van der Waals surface area contributed by atoms with Gasteiger partial charge in [-0.2, -0.15) is 0 Å². The van der Waals surface area contributed by atoms with Gasteiger partial charge in [-0.25, -0.2) is 26.8 Å². The molecule has 15 nitrogen and oxygen atoms in total. The van der Waals surface area contributed by atoms with E-state index in [2.05, 4.69) is 25.3 Å². The average Bonchev–Trinajstić information content (AvgIpc) is 3.74. The Labute approximate surface area is 417 Å². The predicted octanol–water partition coefficient (Wildman–Crippen LogP) is 7.18. The van der Waals surface area contributed by atoms with Gasteiger partial charge in [-0.1, -0.05) is 25.1 Å². The average molecular weight is 1000 g/mol. The summed E-state index contributed by atoms with van der Waals surface area (Å²) in [5, 5.41) is 21.0. The number of anilines is 2. The van der Waals surface area contributed by atoms with Crippen molar-refractivity contribution >= 4 is 77.9 Å². The van der Waals surface area contributed by atoms with Gasteiger partial charge in [-0.05, 0) is 96.4 Å². The van der Waals surface area contributed by atoms with Gasteiger partial charge in [0.15, 0.2) is 11.6 Å². The molecule has 9 rings (SSSR count). The number of hydrogen-bond donors (Lipinski definition) is 4. The summed E-state index contributed by atoms with van der Waals surface area (Å²) >= 11 is 0. The molecule has 370 valence electrons. The number of H-pyrrole nitrogens is 1. The molecule has 0 spiro atoms. The number of carbonyl (C=O) groups is 4. The number of nitrogens with one attached hydrogen (secondary N) is 4. The van der Waals surface area contributed by atoms with E-state index < -0.39 is 56.5 Å². The minimum absolute atomic E-state index is 0.0312. The molecule has 1 aliphatic carbocycles. The fourth-order valence-corrected chi connectivity index (χ4v) is 9.83. The standard InChI is InChI=1S/C55H47F2N7O8S/c1-6-23-73(70,71)62-45-20-18-43(56)49(50(45)57)51(65)32-12-19-44-40(24-32)41-26-34(29-60-52(41)61-44)30-7-9-31(10-8-30)53(66)58-21-22-59-54(67)33-11-15-37(42(25-33)55(68)69)48-38-16-13-35(63(2)3)27-46(38)72-47-28-36(64(4)5)14-17-39(47)48/h7-20,24-29,62H,6,21-23H2,1-5H3,(H3-,58,59,60,61,65,66,67,68,69). The summed E-state index contributed by atoms with van der Waals surface area (Å²) in [6.07, 6.45) is 1.89. The maximum atomic E-state index is 15.6. The fraction of sp³-hybridized carbons (Fsp3) is 0.164. The molecule has 2 amide bonds. The van der Waals surface area contributed by atoms with Crippen LogP contribution in [0.4, 0.5) is 20.2 Å². The van der Waals surface area contributed by atoms with E-state index in [4.69, 9.17) is 4.42 Å². The van der Waals surface area contributed by atoms with Crippen LogP contribution in [0, 0.1) is 11.6 Å². The third-order valence-electron chi connectivity index (χ3n) is 12.4. The number of amides is 2. The number of aromatic carboxylic acids is 1. The van der Waals surface area contributed by atoms with Crippen molar-refractivity contribution in [1.82, 2.24) is 25.2 Å². The van der Waals surface area contributed by atoms with E-state index in [-0.39, 0.29) is 42.0 Å². The van der Waals surface area contributed by atoms with E-state index in [1.807, 2.05) is 80.1 Å². The maximum absolute atomic E-state index is 15.6. The lowest BCUT2D eigenvalue weighted by atomic mass is 9.89. The van der Waals surface area contributed by atoms with Crippen molar-refractivity contribution in [1.29, 1.82) is 0 Å². The van der Waals surface area contributed by atoms with Crippen molar-refractivity contribution in [2.45, 2.75) is 13.3 Å². The van der Waals surface area contributed by atoms with Crippen LogP contribution in [0.5, 0.6) is 0 Å². The van der Waals surface area contributed by atoms with Crippen molar-refractivity contribution in [3.05, 3.63) is 166 Å². The Bertz CT molecular complexity index is 3880. The predicted molar refractivity (Wildman–Crippen MR) is 275 cm³/mol. The van der Waals surface area contributed by atoms with Crippen LogP contribution in [0.2, 0.25) is 0 Å². The lowest BCUT2D eigenvalue weighted by Crippen LogP contribution is -2.34. The number of carboxylic acid groups (broad SMARTS) is 1. The van der Waals surface area contributed by atoms with Crippen LogP contribution in [-0.2, 0) is 10.0 Å². The molecule has 0 unspecified atom stereocenters. The monoisotopic (exact) mass is 1000 g/mol. The summed E-state index contributed by atoms with van der Waals surface area (Å²) in [7, 11) is 3.71. The van der Waals surface area contributed by atoms with Crippen LogP contribution in [0.1, 0.15) is 60.3 Å². The van der Waals surface area contributed by atoms with Gasteiger partial charge in [0, 0.05) is 112 Å². The lowest BCUT2D eigenvalue weighted by Gasteiger charge is -2.20. The van der Waals surface area contributed by atoms with Gasteiger partial charge in [-0.15, -0.1) is 0 Å². The minimum Gasteiger partial charge on any atom is -0.545 e. The highest BCUT2D eigenvalue weighted by Crippen LogP contribution is 2.42. The summed E-state index contributed by atoms with van der Waals surface area (Å²) in [5.74, 6) is -5.63. The highest BCUT2D eigenvalue weighted by molar-refractivity contribution is 7.92. The largest absolute Gasteiger partial charge is 0.545 e. The molecule has 18 heteroatoms. The third kappa shape index (κ3) is 9.84. The first-order chi connectivity index (χ1) is 34.9. The second-order valence-electron chi connectivity index (χ2n) is 17.8. The SMILES string of the molecule is CCCS(=O)(=O)Nc1ccc(F)c(C(=O)c2ccc3[nH]c4ncc(-c5ccc(C(=O)NCCNC(=O)c6ccc(-c7c8ccc(=[N+](C)C)cc-8oc8cc(N(C)C)ccc78)c(C(=O)[O-])c6)cc5)cc4c3c2)c1F. The Kier molecular flexibility index (Phi) is 13.3. The Morgan fingerprint density at radius 3 is 2.15 bits per heavy atom. The minimum atomic E-state index is -3.93. The van der Waals surface area contributed by atoms with Gasteiger partial charge in [0.05, 0.1) is 29.0 Å². The molecule has 7 aromatic rings. The lowest BCUT2D eigenvalue weighted by molar-refractivity contribution is -0.254. The molecule has 4 N–H and O–H groups in total. The molecule has 0 atom stereocenters. The Hall–Kier alpha value is -8.77. The second-order valence-corrected chi connectivity index (χ2v) is 19.6. The molecule has 73 heavy (non-hydrogen) atoms. The number of halogens is 2. The molecule has 2 aliphatic rings. The number of carboxylic acids is 1. The van der Waals surface area contributed by atoms with E-state index in [0.717, 1.165) is 23.2 Å². The van der Waals surface area contributed by atoms with E-state index >= 15 is 8.78 Å². The number of aromatic nitrogens is 2. The number of pyridine rings is 1. The fourth-order valence-electron chi connectivity index (χ4n) is 8.70. The number of sulfonamides is 1. The van der Waals surface area contributed by atoms with Crippen LogP contribution in [-0.4, -0.2) is 89.0 Å². The normalized spacial score (nSPS) is 11.5. The van der Waals surface area contributed by atoms with Gasteiger partial charge in [0.2, 0.25) is 15.4 Å². The summed E-state index contributed by atoms with van der Waals surface area (Å²) in [5.41, 5.74) is 4.28. The van der Waals surface area contributed by atoms with E-state index in [9.17, 15) is 32.7 Å². The van der Waals surface area contributed by atoms with Gasteiger partial charge in [-0.3, -0.25) is 19.1 Å². The molecule has 0 saturated carbocycles. The smallest absolute Gasteiger partial charge is 0.251 e. The van der Waals surface area contributed by atoms with Crippen LogP contribution in [0.25, 0.3) is 66.5 Å². The molecule has 0 fully saturated rings. The summed E-state index contributed by atoms with van der Waals surface area (Å²) in [4.78, 5) is 62.6. The molecule has 5 aromatic carbocycles. The molecule has 2 aromatic heterocycles. The van der Waals surface area contributed by atoms with E-state index in [1.165, 1.54) is 18.2 Å². The van der Waals surface area contributed by atoms with Crippen molar-refractivity contribution in [3.8, 4) is 33.6 Å². The summed E-state index contributed by atoms with van der Waals surface area (Å²) in [6, 6.07) is 30.6. The second kappa shape index (κ2) is 19.8.